The van der Waals surface area contributed by atoms with E-state index in [0.29, 0.717) is 6.54 Å². The van der Waals surface area contributed by atoms with Crippen LogP contribution < -0.4 is 5.32 Å². The fourth-order valence-electron chi connectivity index (χ4n) is 3.14. The van der Waals surface area contributed by atoms with Gasteiger partial charge < -0.3 is 10.1 Å². The lowest BCUT2D eigenvalue weighted by Crippen LogP contribution is -2.44. The van der Waals surface area contributed by atoms with E-state index in [9.17, 15) is 4.79 Å². The summed E-state index contributed by atoms with van der Waals surface area (Å²) >= 11 is 0. The summed E-state index contributed by atoms with van der Waals surface area (Å²) in [6.45, 7) is 10.3. The highest BCUT2D eigenvalue weighted by molar-refractivity contribution is 5.78. The minimum absolute atomic E-state index is 0.123. The SMILES string of the molecule is CCC(CC)C(=O)NCC(c1ccc(C)cc1)N1CCOCC1. The van der Waals surface area contributed by atoms with Gasteiger partial charge in [0.15, 0.2) is 0 Å². The standard InChI is InChI=1S/C19H30N2O2/c1-4-16(5-2)19(22)20-14-18(21-10-12-23-13-11-21)17-8-6-15(3)7-9-17/h6-9,16,18H,4-5,10-14H2,1-3H3,(H,20,22). The zero-order valence-corrected chi connectivity index (χ0v) is 14.7. The van der Waals surface area contributed by atoms with Gasteiger partial charge in [-0.15, -0.1) is 0 Å². The molecule has 1 N–H and O–H groups in total. The highest BCUT2D eigenvalue weighted by atomic mass is 16.5. The van der Waals surface area contributed by atoms with E-state index in [-0.39, 0.29) is 17.9 Å². The van der Waals surface area contributed by atoms with Crippen LogP contribution in [0.4, 0.5) is 0 Å². The summed E-state index contributed by atoms with van der Waals surface area (Å²) in [5, 5.41) is 3.17. The summed E-state index contributed by atoms with van der Waals surface area (Å²) in [6.07, 6.45) is 1.80. The maximum absolute atomic E-state index is 12.3. The molecule has 23 heavy (non-hydrogen) atoms. The molecule has 2 rings (SSSR count). The third-order valence-corrected chi connectivity index (χ3v) is 4.77. The van der Waals surface area contributed by atoms with E-state index in [1.54, 1.807) is 0 Å². The molecular formula is C19H30N2O2. The molecule has 1 aliphatic rings. The number of nitrogens with one attached hydrogen (secondary N) is 1. The first-order valence-electron chi connectivity index (χ1n) is 8.81. The van der Waals surface area contributed by atoms with Crippen LogP contribution in [0.15, 0.2) is 24.3 Å². The summed E-state index contributed by atoms with van der Waals surface area (Å²) in [4.78, 5) is 14.7. The molecule has 4 heteroatoms. The average molecular weight is 318 g/mol. The Balaban J connectivity index is 2.07. The summed E-state index contributed by atoms with van der Waals surface area (Å²) in [5.41, 5.74) is 2.53. The fraction of sp³-hybridized carbons (Fsp3) is 0.632. The van der Waals surface area contributed by atoms with Gasteiger partial charge in [-0.05, 0) is 25.3 Å². The van der Waals surface area contributed by atoms with E-state index in [1.165, 1.54) is 11.1 Å². The van der Waals surface area contributed by atoms with E-state index in [0.717, 1.165) is 39.1 Å². The van der Waals surface area contributed by atoms with Gasteiger partial charge in [-0.3, -0.25) is 9.69 Å². The van der Waals surface area contributed by atoms with Gasteiger partial charge in [0.25, 0.3) is 0 Å². The Hall–Kier alpha value is -1.39. The number of ether oxygens (including phenoxy) is 1. The normalized spacial score (nSPS) is 17.2. The van der Waals surface area contributed by atoms with Crippen molar-refractivity contribution in [1.82, 2.24) is 10.2 Å². The predicted molar refractivity (Wildman–Crippen MR) is 93.4 cm³/mol. The highest BCUT2D eigenvalue weighted by Crippen LogP contribution is 2.22. The van der Waals surface area contributed by atoms with Crippen molar-refractivity contribution in [2.24, 2.45) is 5.92 Å². The van der Waals surface area contributed by atoms with Crippen LogP contribution in [0.1, 0.15) is 43.9 Å². The summed E-state index contributed by atoms with van der Waals surface area (Å²) in [6, 6.07) is 8.87. The quantitative estimate of drug-likeness (QED) is 0.840. The van der Waals surface area contributed by atoms with Crippen molar-refractivity contribution in [2.45, 2.75) is 39.7 Å². The number of morpholine rings is 1. The van der Waals surface area contributed by atoms with E-state index >= 15 is 0 Å². The van der Waals surface area contributed by atoms with Gasteiger partial charge in [0, 0.05) is 25.6 Å². The van der Waals surface area contributed by atoms with Gasteiger partial charge in [-0.1, -0.05) is 43.7 Å². The van der Waals surface area contributed by atoms with Crippen LogP contribution in [0, 0.1) is 12.8 Å². The molecule has 4 nitrogen and oxygen atoms in total. The lowest BCUT2D eigenvalue weighted by Gasteiger charge is -2.35. The predicted octanol–water partition coefficient (Wildman–Crippen LogP) is 2.92. The van der Waals surface area contributed by atoms with Crippen LogP contribution in [0.3, 0.4) is 0 Å². The number of hydrogen-bond acceptors (Lipinski definition) is 3. The number of benzene rings is 1. The number of carbonyl (C=O) groups excluding carboxylic acids is 1. The van der Waals surface area contributed by atoms with Crippen molar-refractivity contribution in [3.8, 4) is 0 Å². The number of amides is 1. The van der Waals surface area contributed by atoms with Gasteiger partial charge in [-0.2, -0.15) is 0 Å². The first-order valence-corrected chi connectivity index (χ1v) is 8.81. The van der Waals surface area contributed by atoms with Crippen LogP contribution in [-0.4, -0.2) is 43.7 Å². The maximum atomic E-state index is 12.3. The molecule has 1 aromatic carbocycles. The van der Waals surface area contributed by atoms with Crippen molar-refractivity contribution in [1.29, 1.82) is 0 Å². The topological polar surface area (TPSA) is 41.6 Å². The zero-order chi connectivity index (χ0) is 16.7. The van der Waals surface area contributed by atoms with Crippen molar-refractivity contribution in [3.05, 3.63) is 35.4 Å². The number of rotatable bonds is 7. The van der Waals surface area contributed by atoms with Crippen molar-refractivity contribution in [3.63, 3.8) is 0 Å². The van der Waals surface area contributed by atoms with Crippen LogP contribution in [-0.2, 0) is 9.53 Å². The van der Waals surface area contributed by atoms with Crippen LogP contribution in [0.2, 0.25) is 0 Å². The third kappa shape index (κ3) is 5.05. The molecule has 0 saturated carbocycles. The minimum atomic E-state index is 0.123. The molecule has 1 saturated heterocycles. The molecule has 0 spiro atoms. The van der Waals surface area contributed by atoms with Crippen LogP contribution in [0.25, 0.3) is 0 Å². The fourth-order valence-corrected chi connectivity index (χ4v) is 3.14. The lowest BCUT2D eigenvalue weighted by atomic mass is 10.0. The van der Waals surface area contributed by atoms with Gasteiger partial charge in [0.2, 0.25) is 5.91 Å². The zero-order valence-electron chi connectivity index (χ0n) is 14.7. The molecule has 1 unspecified atom stereocenters. The molecule has 1 heterocycles. The molecule has 1 amide bonds. The summed E-state index contributed by atoms with van der Waals surface area (Å²) in [7, 11) is 0. The number of carbonyl (C=O) groups is 1. The molecular weight excluding hydrogens is 288 g/mol. The minimum Gasteiger partial charge on any atom is -0.379 e. The second kappa shape index (κ2) is 9.04. The Morgan fingerprint density at radius 1 is 1.17 bits per heavy atom. The Kier molecular flexibility index (Phi) is 7.06. The Morgan fingerprint density at radius 2 is 1.78 bits per heavy atom. The van der Waals surface area contributed by atoms with Gasteiger partial charge in [-0.25, -0.2) is 0 Å². The van der Waals surface area contributed by atoms with E-state index in [2.05, 4.69) is 55.3 Å². The molecule has 0 aromatic heterocycles. The first kappa shape index (κ1) is 18.0. The van der Waals surface area contributed by atoms with Gasteiger partial charge >= 0.3 is 0 Å². The number of aryl methyl sites for hydroxylation is 1. The Bertz CT molecular complexity index is 477. The number of hydrogen-bond donors (Lipinski definition) is 1. The van der Waals surface area contributed by atoms with Crippen molar-refractivity contribution < 1.29 is 9.53 Å². The maximum Gasteiger partial charge on any atom is 0.223 e. The Labute approximate surface area is 140 Å². The lowest BCUT2D eigenvalue weighted by molar-refractivity contribution is -0.125. The third-order valence-electron chi connectivity index (χ3n) is 4.77. The van der Waals surface area contributed by atoms with Gasteiger partial charge in [0.1, 0.15) is 0 Å². The average Bonchev–Trinajstić information content (AvgIpc) is 2.58. The first-order chi connectivity index (χ1) is 11.2. The molecule has 0 aliphatic carbocycles. The smallest absolute Gasteiger partial charge is 0.223 e. The molecule has 128 valence electrons. The second-order valence-electron chi connectivity index (χ2n) is 6.33. The summed E-state index contributed by atoms with van der Waals surface area (Å²) in [5.74, 6) is 0.304. The van der Waals surface area contributed by atoms with E-state index in [1.807, 2.05) is 0 Å². The second-order valence-corrected chi connectivity index (χ2v) is 6.33. The van der Waals surface area contributed by atoms with E-state index < -0.39 is 0 Å². The van der Waals surface area contributed by atoms with Crippen LogP contribution >= 0.6 is 0 Å². The summed E-state index contributed by atoms with van der Waals surface area (Å²) < 4.78 is 5.47. The molecule has 1 aromatic rings. The highest BCUT2D eigenvalue weighted by Gasteiger charge is 2.24. The Morgan fingerprint density at radius 3 is 2.35 bits per heavy atom. The number of nitrogens with zero attached hydrogens (tertiary/aromatic N) is 1. The van der Waals surface area contributed by atoms with E-state index in [4.69, 9.17) is 4.74 Å². The van der Waals surface area contributed by atoms with Crippen LogP contribution in [0.5, 0.6) is 0 Å². The largest absolute Gasteiger partial charge is 0.379 e. The molecule has 0 radical (unpaired) electrons. The molecule has 1 atom stereocenters. The molecule has 0 bridgehead atoms. The van der Waals surface area contributed by atoms with Crippen molar-refractivity contribution >= 4 is 5.91 Å². The van der Waals surface area contributed by atoms with Gasteiger partial charge in [0.05, 0.1) is 19.3 Å². The molecule has 1 fully saturated rings. The molecule has 1 aliphatic heterocycles. The monoisotopic (exact) mass is 318 g/mol. The van der Waals surface area contributed by atoms with Crippen molar-refractivity contribution in [2.75, 3.05) is 32.8 Å².